The second kappa shape index (κ2) is 6.39. The Morgan fingerprint density at radius 1 is 1.19 bits per heavy atom. The second-order valence-electron chi connectivity index (χ2n) is 5.23. The Bertz CT molecular complexity index is 609. The average Bonchev–Trinajstić information content (AvgIpc) is 2.44. The number of aliphatic imine (C=N–C) groups is 1. The van der Waals surface area contributed by atoms with E-state index in [0.29, 0.717) is 17.5 Å². The third kappa shape index (κ3) is 3.60. The number of benzene rings is 1. The third-order valence-electron chi connectivity index (χ3n) is 3.39. The van der Waals surface area contributed by atoms with Crippen molar-refractivity contribution in [3.8, 4) is 0 Å². The first-order valence-corrected chi connectivity index (χ1v) is 7.16. The monoisotopic (exact) mass is 283 g/mol. The molecule has 4 nitrogen and oxygen atoms in total. The van der Waals surface area contributed by atoms with Crippen molar-refractivity contribution in [1.29, 1.82) is 0 Å². The van der Waals surface area contributed by atoms with Gasteiger partial charge in [-0.3, -0.25) is 4.79 Å². The fourth-order valence-corrected chi connectivity index (χ4v) is 2.34. The van der Waals surface area contributed by atoms with Gasteiger partial charge in [0.25, 0.3) is 0 Å². The van der Waals surface area contributed by atoms with Gasteiger partial charge < -0.3 is 10.6 Å². The summed E-state index contributed by atoms with van der Waals surface area (Å²) in [6.45, 7) is 7.45. The predicted molar refractivity (Wildman–Crippen MR) is 88.1 cm³/mol. The standard InChI is InChI=1S/C17H21N3O/c1-4-20(12(2)3)14-7-5-13(6-8-14)19-17-10-9-15(21)11-16(17)18/h5-12H,4,18H2,1-3H3/b19-17+. The topological polar surface area (TPSA) is 58.7 Å². The maximum absolute atomic E-state index is 11.2. The summed E-state index contributed by atoms with van der Waals surface area (Å²) in [5, 5.41) is 0. The molecule has 0 saturated heterocycles. The second-order valence-corrected chi connectivity index (χ2v) is 5.23. The summed E-state index contributed by atoms with van der Waals surface area (Å²) in [7, 11) is 0. The molecule has 0 saturated carbocycles. The van der Waals surface area contributed by atoms with Gasteiger partial charge in [0.15, 0.2) is 5.78 Å². The van der Waals surface area contributed by atoms with Crippen LogP contribution in [0.2, 0.25) is 0 Å². The quantitative estimate of drug-likeness (QED) is 0.864. The minimum absolute atomic E-state index is 0.0997. The summed E-state index contributed by atoms with van der Waals surface area (Å²) in [6, 6.07) is 8.50. The lowest BCUT2D eigenvalue weighted by molar-refractivity contribution is -0.110. The van der Waals surface area contributed by atoms with Crippen LogP contribution in [0.15, 0.2) is 53.2 Å². The maximum atomic E-state index is 11.2. The molecular weight excluding hydrogens is 262 g/mol. The van der Waals surface area contributed by atoms with Crippen LogP contribution in [-0.4, -0.2) is 24.1 Å². The molecule has 1 aromatic rings. The molecule has 0 spiro atoms. The Hall–Kier alpha value is -2.36. The Morgan fingerprint density at radius 2 is 1.86 bits per heavy atom. The van der Waals surface area contributed by atoms with Gasteiger partial charge >= 0.3 is 0 Å². The van der Waals surface area contributed by atoms with Crippen LogP contribution in [0.3, 0.4) is 0 Å². The number of allylic oxidation sites excluding steroid dienone is 3. The van der Waals surface area contributed by atoms with E-state index in [9.17, 15) is 4.79 Å². The average molecular weight is 283 g/mol. The number of nitrogens with two attached hydrogens (primary N) is 1. The smallest absolute Gasteiger partial charge is 0.180 e. The summed E-state index contributed by atoms with van der Waals surface area (Å²) in [4.78, 5) is 18.0. The van der Waals surface area contributed by atoms with Gasteiger partial charge in [0.2, 0.25) is 0 Å². The van der Waals surface area contributed by atoms with E-state index >= 15 is 0 Å². The first-order chi connectivity index (χ1) is 10.0. The van der Waals surface area contributed by atoms with Crippen molar-refractivity contribution < 1.29 is 4.79 Å². The molecule has 1 aromatic carbocycles. The fraction of sp³-hybridized carbons (Fsp3) is 0.294. The Morgan fingerprint density at radius 3 is 2.38 bits per heavy atom. The number of nitrogens with zero attached hydrogens (tertiary/aromatic N) is 2. The lowest BCUT2D eigenvalue weighted by atomic mass is 10.1. The highest BCUT2D eigenvalue weighted by atomic mass is 16.1. The van der Waals surface area contributed by atoms with Crippen molar-refractivity contribution in [2.45, 2.75) is 26.8 Å². The van der Waals surface area contributed by atoms with Crippen LogP contribution < -0.4 is 10.6 Å². The molecule has 0 radical (unpaired) electrons. The molecule has 0 bridgehead atoms. The van der Waals surface area contributed by atoms with E-state index in [1.54, 1.807) is 6.08 Å². The molecule has 0 atom stereocenters. The molecule has 0 unspecified atom stereocenters. The summed E-state index contributed by atoms with van der Waals surface area (Å²) in [6.07, 6.45) is 4.52. The lowest BCUT2D eigenvalue weighted by Gasteiger charge is -2.27. The van der Waals surface area contributed by atoms with Crippen LogP contribution in [0.1, 0.15) is 20.8 Å². The molecule has 0 heterocycles. The molecule has 0 amide bonds. The highest BCUT2D eigenvalue weighted by Crippen LogP contribution is 2.22. The number of rotatable bonds is 4. The van der Waals surface area contributed by atoms with Crippen LogP contribution in [0.25, 0.3) is 0 Å². The molecule has 1 aliphatic rings. The van der Waals surface area contributed by atoms with Crippen molar-refractivity contribution in [1.82, 2.24) is 0 Å². The maximum Gasteiger partial charge on any atom is 0.180 e. The number of anilines is 1. The number of ketones is 1. The summed E-state index contributed by atoms with van der Waals surface area (Å²) in [5.41, 5.74) is 8.84. The highest BCUT2D eigenvalue weighted by molar-refractivity contribution is 6.19. The zero-order valence-electron chi connectivity index (χ0n) is 12.7. The van der Waals surface area contributed by atoms with Gasteiger partial charge in [-0.1, -0.05) is 0 Å². The third-order valence-corrected chi connectivity index (χ3v) is 3.39. The van der Waals surface area contributed by atoms with Crippen molar-refractivity contribution >= 4 is 22.9 Å². The van der Waals surface area contributed by atoms with Crippen LogP contribution in [0.4, 0.5) is 11.4 Å². The molecule has 110 valence electrons. The van der Waals surface area contributed by atoms with E-state index in [1.165, 1.54) is 17.8 Å². The van der Waals surface area contributed by atoms with Crippen molar-refractivity contribution in [3.05, 3.63) is 48.2 Å². The molecular formula is C17H21N3O. The van der Waals surface area contributed by atoms with E-state index < -0.39 is 0 Å². The van der Waals surface area contributed by atoms with Crippen molar-refractivity contribution in [3.63, 3.8) is 0 Å². The van der Waals surface area contributed by atoms with E-state index in [-0.39, 0.29) is 5.78 Å². The fourth-order valence-electron chi connectivity index (χ4n) is 2.34. The zero-order chi connectivity index (χ0) is 15.4. The molecule has 21 heavy (non-hydrogen) atoms. The Balaban J connectivity index is 2.22. The lowest BCUT2D eigenvalue weighted by Crippen LogP contribution is -2.30. The van der Waals surface area contributed by atoms with Gasteiger partial charge in [-0.15, -0.1) is 0 Å². The summed E-state index contributed by atoms with van der Waals surface area (Å²) < 4.78 is 0. The van der Waals surface area contributed by atoms with Gasteiger partial charge in [-0.2, -0.15) is 0 Å². The minimum atomic E-state index is -0.0997. The SMILES string of the molecule is CCN(c1ccc(/N=C2\C=CC(=O)C=C2N)cc1)C(C)C. The molecule has 2 rings (SSSR count). The van der Waals surface area contributed by atoms with Gasteiger partial charge in [-0.25, -0.2) is 4.99 Å². The van der Waals surface area contributed by atoms with E-state index in [2.05, 4.69) is 42.8 Å². The largest absolute Gasteiger partial charge is 0.397 e. The van der Waals surface area contributed by atoms with E-state index in [0.717, 1.165) is 12.2 Å². The van der Waals surface area contributed by atoms with Crippen molar-refractivity contribution in [2.24, 2.45) is 10.7 Å². The van der Waals surface area contributed by atoms with Crippen LogP contribution >= 0.6 is 0 Å². The molecule has 4 heteroatoms. The van der Waals surface area contributed by atoms with Gasteiger partial charge in [-0.05, 0) is 57.2 Å². The van der Waals surface area contributed by atoms with E-state index in [1.807, 2.05) is 12.1 Å². The van der Waals surface area contributed by atoms with Crippen molar-refractivity contribution in [2.75, 3.05) is 11.4 Å². The van der Waals surface area contributed by atoms with Gasteiger partial charge in [0.1, 0.15) is 0 Å². The number of carbonyl (C=O) groups excluding carboxylic acids is 1. The predicted octanol–water partition coefficient (Wildman–Crippen LogP) is 2.98. The number of hydrogen-bond acceptors (Lipinski definition) is 4. The Labute approximate surface area is 125 Å². The minimum Gasteiger partial charge on any atom is -0.397 e. The highest BCUT2D eigenvalue weighted by Gasteiger charge is 2.09. The summed E-state index contributed by atoms with van der Waals surface area (Å²) in [5.74, 6) is -0.0997. The molecule has 2 N–H and O–H groups in total. The van der Waals surface area contributed by atoms with Crippen LogP contribution in [0, 0.1) is 0 Å². The Kier molecular flexibility index (Phi) is 4.58. The van der Waals surface area contributed by atoms with Gasteiger partial charge in [0, 0.05) is 24.4 Å². The molecule has 0 aromatic heterocycles. The first-order valence-electron chi connectivity index (χ1n) is 7.16. The first kappa shape index (κ1) is 15.0. The zero-order valence-corrected chi connectivity index (χ0v) is 12.7. The number of carbonyl (C=O) groups is 1. The molecule has 1 aliphatic carbocycles. The molecule has 0 fully saturated rings. The number of hydrogen-bond donors (Lipinski definition) is 1. The summed E-state index contributed by atoms with van der Waals surface area (Å²) >= 11 is 0. The molecule has 0 aliphatic heterocycles. The van der Waals surface area contributed by atoms with Crippen LogP contribution in [0.5, 0.6) is 0 Å². The van der Waals surface area contributed by atoms with Gasteiger partial charge in [0.05, 0.1) is 17.1 Å². The van der Waals surface area contributed by atoms with Crippen LogP contribution in [-0.2, 0) is 4.79 Å². The normalized spacial score (nSPS) is 16.5. The van der Waals surface area contributed by atoms with E-state index in [4.69, 9.17) is 5.73 Å².